The van der Waals surface area contributed by atoms with Crippen LogP contribution in [0.5, 0.6) is 0 Å². The SMILES string of the molecule is O=C([O-])CCCCC(=O)[O-].[Cs+].[Cs+]. The van der Waals surface area contributed by atoms with E-state index in [0.29, 0.717) is 12.8 Å². The van der Waals surface area contributed by atoms with E-state index in [4.69, 9.17) is 0 Å². The molecule has 0 unspecified atom stereocenters. The first-order valence-corrected chi connectivity index (χ1v) is 3.02. The number of rotatable bonds is 5. The van der Waals surface area contributed by atoms with Crippen molar-refractivity contribution in [2.75, 3.05) is 0 Å². The molecule has 12 heavy (non-hydrogen) atoms. The Morgan fingerprint density at radius 1 is 0.833 bits per heavy atom. The van der Waals surface area contributed by atoms with Crippen molar-refractivity contribution in [2.45, 2.75) is 25.7 Å². The molecule has 0 N–H and O–H groups in total. The van der Waals surface area contributed by atoms with Gasteiger partial charge in [-0.15, -0.1) is 0 Å². The van der Waals surface area contributed by atoms with E-state index in [2.05, 4.69) is 0 Å². The summed E-state index contributed by atoms with van der Waals surface area (Å²) in [6.45, 7) is 0. The Balaban J connectivity index is -0.000000405. The number of carbonyl (C=O) groups excluding carboxylic acids is 2. The minimum atomic E-state index is -1.14. The molecule has 4 nitrogen and oxygen atoms in total. The minimum absolute atomic E-state index is 0. The van der Waals surface area contributed by atoms with Crippen LogP contribution in [0.3, 0.4) is 0 Å². The molecule has 0 fully saturated rings. The van der Waals surface area contributed by atoms with Gasteiger partial charge in [0.2, 0.25) is 0 Å². The summed E-state index contributed by atoms with van der Waals surface area (Å²) in [4.78, 5) is 19.5. The number of carbonyl (C=O) groups is 2. The van der Waals surface area contributed by atoms with Crippen LogP contribution in [0.2, 0.25) is 0 Å². The predicted molar refractivity (Wildman–Crippen MR) is 28.5 cm³/mol. The van der Waals surface area contributed by atoms with E-state index in [1.165, 1.54) is 0 Å². The van der Waals surface area contributed by atoms with E-state index in [0.717, 1.165) is 0 Å². The topological polar surface area (TPSA) is 80.3 Å². The van der Waals surface area contributed by atoms with Crippen molar-refractivity contribution in [3.63, 3.8) is 0 Å². The second kappa shape index (κ2) is 14.0. The van der Waals surface area contributed by atoms with Crippen LogP contribution in [0, 0.1) is 0 Å². The van der Waals surface area contributed by atoms with Gasteiger partial charge in [0.05, 0.1) is 0 Å². The Labute approximate surface area is 189 Å². The Morgan fingerprint density at radius 2 is 1.08 bits per heavy atom. The summed E-state index contributed by atoms with van der Waals surface area (Å²) in [5.74, 6) is -2.28. The maximum Gasteiger partial charge on any atom is 1.00 e. The largest absolute Gasteiger partial charge is 1.00 e. The van der Waals surface area contributed by atoms with Crippen molar-refractivity contribution in [2.24, 2.45) is 0 Å². The van der Waals surface area contributed by atoms with Gasteiger partial charge in [-0.1, -0.05) is 0 Å². The molecule has 0 aliphatic heterocycles. The number of hydrogen-bond acceptors (Lipinski definition) is 4. The van der Waals surface area contributed by atoms with Crippen LogP contribution in [0.4, 0.5) is 0 Å². The molecule has 0 aromatic heterocycles. The van der Waals surface area contributed by atoms with E-state index < -0.39 is 11.9 Å². The van der Waals surface area contributed by atoms with Gasteiger partial charge in [-0.05, 0) is 25.7 Å². The van der Waals surface area contributed by atoms with Gasteiger partial charge in [0, 0.05) is 11.9 Å². The normalized spacial score (nSPS) is 7.67. The van der Waals surface area contributed by atoms with Crippen molar-refractivity contribution in [3.05, 3.63) is 0 Å². The maximum absolute atomic E-state index is 9.77. The molecule has 58 valence electrons. The molecular weight excluding hydrogens is 402 g/mol. The number of carboxylic acids is 2. The number of carboxylic acid groups (broad SMARTS) is 2. The van der Waals surface area contributed by atoms with Gasteiger partial charge in [-0.3, -0.25) is 0 Å². The Bertz CT molecular complexity index is 122. The quantitative estimate of drug-likeness (QED) is 0.422. The van der Waals surface area contributed by atoms with Gasteiger partial charge < -0.3 is 19.8 Å². The Hall–Kier alpha value is 3.04. The molecule has 0 aromatic rings. The Kier molecular flexibility index (Phi) is 23.9. The zero-order valence-electron chi connectivity index (χ0n) is 7.46. The molecule has 0 aromatic carbocycles. The predicted octanol–water partition coefficient (Wildman–Crippen LogP) is -7.95. The molecule has 0 rings (SSSR count). The molecule has 0 saturated carbocycles. The smallest absolute Gasteiger partial charge is 0.550 e. The van der Waals surface area contributed by atoms with Crippen molar-refractivity contribution in [1.29, 1.82) is 0 Å². The van der Waals surface area contributed by atoms with E-state index in [-0.39, 0.29) is 151 Å². The van der Waals surface area contributed by atoms with Crippen molar-refractivity contribution in [3.8, 4) is 0 Å². The third-order valence-electron chi connectivity index (χ3n) is 1.01. The summed E-state index contributed by atoms with van der Waals surface area (Å²) in [5.41, 5.74) is 0. The van der Waals surface area contributed by atoms with Crippen LogP contribution in [0.15, 0.2) is 0 Å². The summed E-state index contributed by atoms with van der Waals surface area (Å²) in [7, 11) is 0. The molecule has 0 radical (unpaired) electrons. The van der Waals surface area contributed by atoms with Crippen molar-refractivity contribution >= 4 is 11.9 Å². The second-order valence-electron chi connectivity index (χ2n) is 1.95. The van der Waals surface area contributed by atoms with Gasteiger partial charge in [0.25, 0.3) is 0 Å². The molecule has 6 heteroatoms. The van der Waals surface area contributed by atoms with Crippen molar-refractivity contribution < 1.29 is 158 Å². The van der Waals surface area contributed by atoms with Crippen LogP contribution in [0.1, 0.15) is 25.7 Å². The van der Waals surface area contributed by atoms with E-state index in [9.17, 15) is 19.8 Å². The monoisotopic (exact) mass is 410 g/mol. The van der Waals surface area contributed by atoms with Crippen LogP contribution < -0.4 is 148 Å². The number of unbranched alkanes of at least 4 members (excludes halogenated alkanes) is 1. The summed E-state index contributed by atoms with van der Waals surface area (Å²) in [5, 5.41) is 19.5. The molecule has 0 spiro atoms. The first kappa shape index (κ1) is 20.5. The third-order valence-corrected chi connectivity index (χ3v) is 1.01. The zero-order valence-corrected chi connectivity index (χ0v) is 20.0. The zero-order chi connectivity index (χ0) is 7.98. The first-order chi connectivity index (χ1) is 4.63. The summed E-state index contributed by atoms with van der Waals surface area (Å²) in [6, 6.07) is 0. The Morgan fingerprint density at radius 3 is 1.25 bits per heavy atom. The molecule has 0 bridgehead atoms. The first-order valence-electron chi connectivity index (χ1n) is 3.02. The molecule has 0 atom stereocenters. The van der Waals surface area contributed by atoms with E-state index in [1.54, 1.807) is 0 Å². The van der Waals surface area contributed by atoms with Crippen LogP contribution in [-0.2, 0) is 9.59 Å². The average Bonchev–Trinajstić information content (AvgIpc) is 1.79. The fraction of sp³-hybridized carbons (Fsp3) is 0.667. The summed E-state index contributed by atoms with van der Waals surface area (Å²) < 4.78 is 0. The van der Waals surface area contributed by atoms with Gasteiger partial charge in [0.1, 0.15) is 0 Å². The third kappa shape index (κ3) is 18.8. The fourth-order valence-corrected chi connectivity index (χ4v) is 0.539. The summed E-state index contributed by atoms with van der Waals surface area (Å²) in [6.07, 6.45) is 0.535. The molecule has 0 aliphatic carbocycles. The van der Waals surface area contributed by atoms with E-state index in [1.807, 2.05) is 0 Å². The number of hydrogen-bond donors (Lipinski definition) is 0. The number of aliphatic carboxylic acids is 2. The van der Waals surface area contributed by atoms with Crippen LogP contribution >= 0.6 is 0 Å². The van der Waals surface area contributed by atoms with E-state index >= 15 is 0 Å². The van der Waals surface area contributed by atoms with Gasteiger partial charge in [-0.25, -0.2) is 0 Å². The summed E-state index contributed by atoms with van der Waals surface area (Å²) >= 11 is 0. The standard InChI is InChI=1S/C6H10O4.2Cs/c7-5(8)3-1-2-4-6(9)10;;/h1-4H2,(H,7,8)(H,9,10);;/q;2*+1/p-2. The fourth-order valence-electron chi connectivity index (χ4n) is 0.539. The molecular formula is C6H8Cs2O4. The van der Waals surface area contributed by atoms with Gasteiger partial charge in [0.15, 0.2) is 0 Å². The second-order valence-corrected chi connectivity index (χ2v) is 1.95. The van der Waals surface area contributed by atoms with Crippen molar-refractivity contribution in [1.82, 2.24) is 0 Å². The van der Waals surface area contributed by atoms with Crippen LogP contribution in [-0.4, -0.2) is 11.9 Å². The molecule has 0 aliphatic rings. The van der Waals surface area contributed by atoms with Gasteiger partial charge in [-0.2, -0.15) is 0 Å². The molecule has 0 saturated heterocycles. The average molecular weight is 410 g/mol. The minimum Gasteiger partial charge on any atom is -0.550 e. The maximum atomic E-state index is 9.77. The molecule has 0 heterocycles. The molecule has 0 amide bonds. The van der Waals surface area contributed by atoms with Crippen LogP contribution in [0.25, 0.3) is 0 Å². The van der Waals surface area contributed by atoms with Gasteiger partial charge >= 0.3 is 138 Å².